The van der Waals surface area contributed by atoms with E-state index in [2.05, 4.69) is 41.2 Å². The molecule has 1 aromatic carbocycles. The first kappa shape index (κ1) is 22.5. The normalized spacial score (nSPS) is 11.3. The number of nitrogens with zero attached hydrogens (tertiary/aromatic N) is 3. The standard InChI is InChI=1S/C26H29N5O2/c1-5-8-18-11-17(4)30-26(33)21(18)14-28-25(32)20-12-19(23-9-6-7-10-27-23)13-24-22(20)15-29-31(24)16(2)3/h6-7,9-13,15-16H,5,8,14H2,1-4H3,(H,28,32)(H,30,33). The van der Waals surface area contributed by atoms with Gasteiger partial charge in [-0.2, -0.15) is 5.10 Å². The number of hydrogen-bond donors (Lipinski definition) is 2. The van der Waals surface area contributed by atoms with E-state index in [-0.39, 0.29) is 24.1 Å². The number of aryl methyl sites for hydroxylation is 2. The van der Waals surface area contributed by atoms with Crippen molar-refractivity contribution < 1.29 is 4.79 Å². The lowest BCUT2D eigenvalue weighted by atomic mass is 10.0. The van der Waals surface area contributed by atoms with Gasteiger partial charge in [0, 0.05) is 41.0 Å². The molecular formula is C26H29N5O2. The van der Waals surface area contributed by atoms with Gasteiger partial charge in [-0.15, -0.1) is 0 Å². The Morgan fingerprint density at radius 3 is 2.73 bits per heavy atom. The van der Waals surface area contributed by atoms with Gasteiger partial charge in [-0.05, 0) is 63.1 Å². The molecule has 0 unspecified atom stereocenters. The SMILES string of the molecule is CCCc1cc(C)[nH]c(=O)c1CNC(=O)c1cc(-c2ccccn2)cc2c1cnn2C(C)C. The van der Waals surface area contributed by atoms with Crippen LogP contribution in [-0.4, -0.2) is 25.7 Å². The van der Waals surface area contributed by atoms with Crippen LogP contribution in [0.1, 0.15) is 60.4 Å². The van der Waals surface area contributed by atoms with Crippen LogP contribution in [0.15, 0.2) is 53.6 Å². The fraction of sp³-hybridized carbons (Fsp3) is 0.308. The number of amides is 1. The maximum absolute atomic E-state index is 13.4. The van der Waals surface area contributed by atoms with Gasteiger partial charge in [0.1, 0.15) is 0 Å². The molecule has 170 valence electrons. The summed E-state index contributed by atoms with van der Waals surface area (Å²) < 4.78 is 1.91. The molecule has 3 aromatic heterocycles. The molecule has 0 bridgehead atoms. The molecular weight excluding hydrogens is 414 g/mol. The molecule has 33 heavy (non-hydrogen) atoms. The second-order valence-electron chi connectivity index (χ2n) is 8.57. The van der Waals surface area contributed by atoms with Crippen LogP contribution in [0, 0.1) is 6.92 Å². The molecule has 0 fully saturated rings. The molecule has 7 heteroatoms. The maximum atomic E-state index is 13.4. The second-order valence-corrected chi connectivity index (χ2v) is 8.57. The van der Waals surface area contributed by atoms with E-state index in [0.717, 1.165) is 46.3 Å². The topological polar surface area (TPSA) is 92.7 Å². The van der Waals surface area contributed by atoms with Gasteiger partial charge in [-0.3, -0.25) is 19.3 Å². The highest BCUT2D eigenvalue weighted by molar-refractivity contribution is 6.07. The number of rotatable bonds is 7. The minimum Gasteiger partial charge on any atom is -0.348 e. The summed E-state index contributed by atoms with van der Waals surface area (Å²) in [5.74, 6) is -0.247. The fourth-order valence-corrected chi connectivity index (χ4v) is 4.16. The van der Waals surface area contributed by atoms with E-state index in [1.807, 2.05) is 48.0 Å². The van der Waals surface area contributed by atoms with Crippen LogP contribution in [0.2, 0.25) is 0 Å². The minimum atomic E-state index is -0.247. The lowest BCUT2D eigenvalue weighted by Gasteiger charge is -2.13. The summed E-state index contributed by atoms with van der Waals surface area (Å²) in [4.78, 5) is 33.2. The van der Waals surface area contributed by atoms with E-state index < -0.39 is 0 Å². The first-order valence-electron chi connectivity index (χ1n) is 11.3. The zero-order chi connectivity index (χ0) is 23.5. The quantitative estimate of drug-likeness (QED) is 0.438. The first-order chi connectivity index (χ1) is 15.9. The number of carbonyl (C=O) groups excluding carboxylic acids is 1. The number of aromatic nitrogens is 4. The van der Waals surface area contributed by atoms with Crippen LogP contribution >= 0.6 is 0 Å². The molecule has 0 saturated heterocycles. The van der Waals surface area contributed by atoms with E-state index in [1.165, 1.54) is 0 Å². The van der Waals surface area contributed by atoms with Crippen molar-refractivity contribution >= 4 is 16.8 Å². The van der Waals surface area contributed by atoms with Crippen molar-refractivity contribution in [3.8, 4) is 11.3 Å². The lowest BCUT2D eigenvalue weighted by Crippen LogP contribution is -2.28. The van der Waals surface area contributed by atoms with E-state index >= 15 is 0 Å². The number of nitrogens with one attached hydrogen (secondary N) is 2. The summed E-state index contributed by atoms with van der Waals surface area (Å²) in [5.41, 5.74) is 5.26. The van der Waals surface area contributed by atoms with Gasteiger partial charge in [-0.25, -0.2) is 0 Å². The van der Waals surface area contributed by atoms with Crippen LogP contribution in [0.5, 0.6) is 0 Å². The molecule has 2 N–H and O–H groups in total. The van der Waals surface area contributed by atoms with Crippen LogP contribution in [0.4, 0.5) is 0 Å². The average molecular weight is 444 g/mol. The maximum Gasteiger partial charge on any atom is 0.253 e. The summed E-state index contributed by atoms with van der Waals surface area (Å²) in [6, 6.07) is 11.7. The zero-order valence-electron chi connectivity index (χ0n) is 19.5. The Hall–Kier alpha value is -3.74. The third-order valence-electron chi connectivity index (χ3n) is 5.72. The number of carbonyl (C=O) groups is 1. The summed E-state index contributed by atoms with van der Waals surface area (Å²) in [6.45, 7) is 8.22. The Labute approximate surface area is 192 Å². The van der Waals surface area contributed by atoms with Crippen molar-refractivity contribution in [1.29, 1.82) is 0 Å². The Balaban J connectivity index is 1.74. The molecule has 0 aliphatic carbocycles. The first-order valence-corrected chi connectivity index (χ1v) is 11.3. The summed E-state index contributed by atoms with van der Waals surface area (Å²) in [6.07, 6.45) is 5.17. The van der Waals surface area contributed by atoms with Crippen LogP contribution in [-0.2, 0) is 13.0 Å². The Morgan fingerprint density at radius 2 is 2.03 bits per heavy atom. The number of pyridine rings is 2. The van der Waals surface area contributed by atoms with Gasteiger partial charge in [0.25, 0.3) is 11.5 Å². The van der Waals surface area contributed by atoms with Gasteiger partial charge in [0.15, 0.2) is 0 Å². The van der Waals surface area contributed by atoms with Crippen molar-refractivity contribution in [2.45, 2.75) is 53.1 Å². The third kappa shape index (κ3) is 4.58. The van der Waals surface area contributed by atoms with Crippen molar-refractivity contribution in [3.05, 3.63) is 81.5 Å². The number of fused-ring (bicyclic) bond motifs is 1. The van der Waals surface area contributed by atoms with E-state index in [0.29, 0.717) is 11.1 Å². The monoisotopic (exact) mass is 443 g/mol. The molecule has 1 amide bonds. The Kier molecular flexibility index (Phi) is 6.40. The summed E-state index contributed by atoms with van der Waals surface area (Å²) in [5, 5.41) is 8.25. The second kappa shape index (κ2) is 9.40. The lowest BCUT2D eigenvalue weighted by molar-refractivity contribution is 0.0952. The molecule has 0 spiro atoms. The molecule has 0 saturated carbocycles. The highest BCUT2D eigenvalue weighted by Gasteiger charge is 2.18. The fourth-order valence-electron chi connectivity index (χ4n) is 4.16. The smallest absolute Gasteiger partial charge is 0.253 e. The molecule has 4 rings (SSSR count). The molecule has 0 aliphatic heterocycles. The van der Waals surface area contributed by atoms with Gasteiger partial charge in [0.05, 0.1) is 23.0 Å². The number of benzene rings is 1. The molecule has 3 heterocycles. The van der Waals surface area contributed by atoms with Crippen molar-refractivity contribution in [2.24, 2.45) is 0 Å². The number of aromatic amines is 1. The largest absolute Gasteiger partial charge is 0.348 e. The van der Waals surface area contributed by atoms with Crippen LogP contribution < -0.4 is 10.9 Å². The van der Waals surface area contributed by atoms with Crippen molar-refractivity contribution in [2.75, 3.05) is 0 Å². The highest BCUT2D eigenvalue weighted by Crippen LogP contribution is 2.28. The van der Waals surface area contributed by atoms with Gasteiger partial charge in [0.2, 0.25) is 0 Å². The number of H-pyrrole nitrogens is 1. The predicted octanol–water partition coefficient (Wildman–Crippen LogP) is 4.56. The minimum absolute atomic E-state index is 0.139. The Bertz CT molecular complexity index is 1350. The molecule has 0 aliphatic rings. The average Bonchev–Trinajstić information content (AvgIpc) is 3.23. The van der Waals surface area contributed by atoms with Gasteiger partial charge in [-0.1, -0.05) is 19.4 Å². The van der Waals surface area contributed by atoms with Crippen molar-refractivity contribution in [1.82, 2.24) is 25.1 Å². The van der Waals surface area contributed by atoms with Gasteiger partial charge < -0.3 is 10.3 Å². The van der Waals surface area contributed by atoms with E-state index in [9.17, 15) is 9.59 Å². The van der Waals surface area contributed by atoms with E-state index in [1.54, 1.807) is 12.4 Å². The molecule has 0 radical (unpaired) electrons. The zero-order valence-corrected chi connectivity index (χ0v) is 19.5. The third-order valence-corrected chi connectivity index (χ3v) is 5.72. The van der Waals surface area contributed by atoms with Crippen LogP contribution in [0.3, 0.4) is 0 Å². The molecule has 4 aromatic rings. The predicted molar refractivity (Wildman–Crippen MR) is 130 cm³/mol. The van der Waals surface area contributed by atoms with Crippen LogP contribution in [0.25, 0.3) is 22.2 Å². The molecule has 0 atom stereocenters. The molecule has 7 nitrogen and oxygen atoms in total. The van der Waals surface area contributed by atoms with Crippen molar-refractivity contribution in [3.63, 3.8) is 0 Å². The number of hydrogen-bond acceptors (Lipinski definition) is 4. The summed E-state index contributed by atoms with van der Waals surface area (Å²) in [7, 11) is 0. The Morgan fingerprint density at radius 1 is 1.21 bits per heavy atom. The van der Waals surface area contributed by atoms with Gasteiger partial charge >= 0.3 is 0 Å². The highest BCUT2D eigenvalue weighted by atomic mass is 16.1. The summed E-state index contributed by atoms with van der Waals surface area (Å²) >= 11 is 0. The van der Waals surface area contributed by atoms with E-state index in [4.69, 9.17) is 0 Å².